The maximum absolute atomic E-state index is 10.9. The predicted molar refractivity (Wildman–Crippen MR) is 46.2 cm³/mol. The van der Waals surface area contributed by atoms with E-state index in [-0.39, 0.29) is 0 Å². The van der Waals surface area contributed by atoms with Gasteiger partial charge in [0.2, 0.25) is 10.0 Å². The third kappa shape index (κ3) is 2.98. The Morgan fingerprint density at radius 1 is 1.64 bits per heavy atom. The number of sulfonamides is 1. The van der Waals surface area contributed by atoms with Gasteiger partial charge in [-0.25, -0.2) is 13.6 Å². The van der Waals surface area contributed by atoms with Crippen molar-refractivity contribution in [3.8, 4) is 0 Å². The molecule has 5 heteroatoms. The largest absolute Gasteiger partial charge is 0.296 e. The normalized spacial score (nSPS) is 16.5. The fourth-order valence-electron chi connectivity index (χ4n) is 0.909. The minimum atomic E-state index is -3.46. The molecule has 0 saturated heterocycles. The highest BCUT2D eigenvalue weighted by molar-refractivity contribution is 7.90. The SMILES string of the molecule is CCC(C(C)=NC)S(N)(=O)=O. The van der Waals surface area contributed by atoms with E-state index in [1.807, 2.05) is 0 Å². The van der Waals surface area contributed by atoms with Gasteiger partial charge in [-0.2, -0.15) is 0 Å². The number of hydrogen-bond donors (Lipinski definition) is 1. The van der Waals surface area contributed by atoms with Crippen LogP contribution in [0, 0.1) is 0 Å². The lowest BCUT2D eigenvalue weighted by Crippen LogP contribution is -2.33. The van der Waals surface area contributed by atoms with Gasteiger partial charge < -0.3 is 0 Å². The lowest BCUT2D eigenvalue weighted by Gasteiger charge is -2.10. The van der Waals surface area contributed by atoms with Gasteiger partial charge in [0.25, 0.3) is 0 Å². The van der Waals surface area contributed by atoms with E-state index in [2.05, 4.69) is 4.99 Å². The molecule has 0 radical (unpaired) electrons. The zero-order chi connectivity index (χ0) is 9.07. The van der Waals surface area contributed by atoms with Crippen LogP contribution in [-0.4, -0.2) is 26.4 Å². The standard InChI is InChI=1S/C6H14N2O2S/c1-4-6(5(2)8-3)11(7,9)10/h6H,4H2,1-3H3,(H2,7,9,10). The molecule has 0 aromatic heterocycles. The fourth-order valence-corrected chi connectivity index (χ4v) is 1.95. The molecule has 0 saturated carbocycles. The molecule has 11 heavy (non-hydrogen) atoms. The molecule has 66 valence electrons. The van der Waals surface area contributed by atoms with Crippen LogP contribution in [-0.2, 0) is 10.0 Å². The van der Waals surface area contributed by atoms with E-state index < -0.39 is 15.3 Å². The second kappa shape index (κ2) is 3.82. The molecular formula is C6H14N2O2S. The van der Waals surface area contributed by atoms with E-state index in [0.717, 1.165) is 0 Å². The summed E-state index contributed by atoms with van der Waals surface area (Å²) in [7, 11) is -1.90. The maximum Gasteiger partial charge on any atom is 0.217 e. The molecule has 0 aromatic rings. The Bertz CT molecular complexity index is 243. The van der Waals surface area contributed by atoms with Crippen LogP contribution in [0.4, 0.5) is 0 Å². The maximum atomic E-state index is 10.9. The van der Waals surface area contributed by atoms with Gasteiger partial charge in [0.1, 0.15) is 5.25 Å². The molecule has 1 unspecified atom stereocenters. The van der Waals surface area contributed by atoms with Crippen molar-refractivity contribution < 1.29 is 8.42 Å². The molecule has 0 aliphatic heterocycles. The summed E-state index contributed by atoms with van der Waals surface area (Å²) in [4.78, 5) is 3.78. The van der Waals surface area contributed by atoms with Crippen molar-refractivity contribution in [1.29, 1.82) is 0 Å². The second-order valence-corrected chi connectivity index (χ2v) is 4.10. The van der Waals surface area contributed by atoms with Gasteiger partial charge >= 0.3 is 0 Å². The highest BCUT2D eigenvalue weighted by Crippen LogP contribution is 2.03. The summed E-state index contributed by atoms with van der Waals surface area (Å²) in [6, 6.07) is 0. The summed E-state index contributed by atoms with van der Waals surface area (Å²) in [5.74, 6) is 0. The van der Waals surface area contributed by atoms with Crippen LogP contribution in [0.15, 0.2) is 4.99 Å². The Kier molecular flexibility index (Phi) is 3.68. The highest BCUT2D eigenvalue weighted by Gasteiger charge is 2.21. The minimum absolute atomic E-state index is 0.474. The first-order valence-corrected chi connectivity index (χ1v) is 4.99. The average molecular weight is 178 g/mol. The third-order valence-electron chi connectivity index (χ3n) is 1.59. The van der Waals surface area contributed by atoms with Gasteiger partial charge in [0.05, 0.1) is 0 Å². The van der Waals surface area contributed by atoms with Crippen molar-refractivity contribution in [3.63, 3.8) is 0 Å². The number of hydrogen-bond acceptors (Lipinski definition) is 3. The summed E-state index contributed by atoms with van der Waals surface area (Å²) >= 11 is 0. The van der Waals surface area contributed by atoms with Crippen LogP contribution in [0.1, 0.15) is 20.3 Å². The summed E-state index contributed by atoms with van der Waals surface area (Å²) in [5.41, 5.74) is 0.565. The first-order chi connectivity index (χ1) is 4.93. The first-order valence-electron chi connectivity index (χ1n) is 3.38. The number of aliphatic imine (C=N–C) groups is 1. The molecule has 0 amide bonds. The van der Waals surface area contributed by atoms with Crippen molar-refractivity contribution in [2.75, 3.05) is 7.05 Å². The van der Waals surface area contributed by atoms with E-state index in [9.17, 15) is 8.42 Å². The van der Waals surface area contributed by atoms with Crippen LogP contribution < -0.4 is 5.14 Å². The molecule has 0 aliphatic rings. The van der Waals surface area contributed by atoms with Crippen molar-refractivity contribution >= 4 is 15.7 Å². The Balaban J connectivity index is 4.71. The number of rotatable bonds is 3. The van der Waals surface area contributed by atoms with E-state index in [0.29, 0.717) is 12.1 Å². The van der Waals surface area contributed by atoms with Gasteiger partial charge in [-0.1, -0.05) is 6.92 Å². The average Bonchev–Trinajstić information content (AvgIpc) is 1.86. The Morgan fingerprint density at radius 3 is 2.18 bits per heavy atom. The molecule has 0 spiro atoms. The number of primary sulfonamides is 1. The monoisotopic (exact) mass is 178 g/mol. The molecule has 0 bridgehead atoms. The lowest BCUT2D eigenvalue weighted by atomic mass is 10.2. The van der Waals surface area contributed by atoms with Gasteiger partial charge in [-0.15, -0.1) is 0 Å². The molecular weight excluding hydrogens is 164 g/mol. The second-order valence-electron chi connectivity index (χ2n) is 2.35. The molecule has 0 aliphatic carbocycles. The third-order valence-corrected chi connectivity index (χ3v) is 3.05. The van der Waals surface area contributed by atoms with Gasteiger partial charge in [-0.3, -0.25) is 4.99 Å². The van der Waals surface area contributed by atoms with Crippen LogP contribution in [0.5, 0.6) is 0 Å². The molecule has 2 N–H and O–H groups in total. The number of nitrogens with zero attached hydrogens (tertiary/aromatic N) is 1. The summed E-state index contributed by atoms with van der Waals surface area (Å²) in [6.45, 7) is 3.43. The van der Waals surface area contributed by atoms with Gasteiger partial charge in [-0.05, 0) is 13.3 Å². The Morgan fingerprint density at radius 2 is 2.09 bits per heavy atom. The van der Waals surface area contributed by atoms with Crippen molar-refractivity contribution in [2.24, 2.45) is 10.1 Å². The Hall–Kier alpha value is -0.420. The van der Waals surface area contributed by atoms with Crippen LogP contribution in [0.2, 0.25) is 0 Å². The summed E-state index contributed by atoms with van der Waals surface area (Å²) in [6.07, 6.45) is 0.474. The van der Waals surface area contributed by atoms with Crippen molar-refractivity contribution in [1.82, 2.24) is 0 Å². The smallest absolute Gasteiger partial charge is 0.217 e. The van der Waals surface area contributed by atoms with Crippen LogP contribution >= 0.6 is 0 Å². The molecule has 0 aromatic carbocycles. The molecule has 4 nitrogen and oxygen atoms in total. The zero-order valence-corrected chi connectivity index (χ0v) is 7.85. The summed E-state index contributed by atoms with van der Waals surface area (Å²) in [5, 5.41) is 4.34. The Labute approximate surface area is 67.6 Å². The van der Waals surface area contributed by atoms with Crippen LogP contribution in [0.3, 0.4) is 0 Å². The first kappa shape index (κ1) is 10.6. The quantitative estimate of drug-likeness (QED) is 0.624. The van der Waals surface area contributed by atoms with Crippen LogP contribution in [0.25, 0.3) is 0 Å². The van der Waals surface area contributed by atoms with Gasteiger partial charge in [0.15, 0.2) is 0 Å². The van der Waals surface area contributed by atoms with E-state index >= 15 is 0 Å². The van der Waals surface area contributed by atoms with E-state index in [1.54, 1.807) is 20.9 Å². The zero-order valence-electron chi connectivity index (χ0n) is 7.03. The highest BCUT2D eigenvalue weighted by atomic mass is 32.2. The molecule has 0 fully saturated rings. The molecule has 1 atom stereocenters. The van der Waals surface area contributed by atoms with E-state index in [4.69, 9.17) is 5.14 Å². The van der Waals surface area contributed by atoms with Crippen molar-refractivity contribution in [2.45, 2.75) is 25.5 Å². The lowest BCUT2D eigenvalue weighted by molar-refractivity contribution is 0.590. The molecule has 0 rings (SSSR count). The number of nitrogens with two attached hydrogens (primary N) is 1. The predicted octanol–water partition coefficient (Wildman–Crippen LogP) is 0.144. The fraction of sp³-hybridized carbons (Fsp3) is 0.833. The minimum Gasteiger partial charge on any atom is -0.296 e. The summed E-state index contributed by atoms with van der Waals surface area (Å²) < 4.78 is 21.7. The topological polar surface area (TPSA) is 72.5 Å². The van der Waals surface area contributed by atoms with Gasteiger partial charge in [0, 0.05) is 12.8 Å². The van der Waals surface area contributed by atoms with E-state index in [1.165, 1.54) is 0 Å². The molecule has 0 heterocycles. The van der Waals surface area contributed by atoms with Crippen molar-refractivity contribution in [3.05, 3.63) is 0 Å².